The minimum Gasteiger partial charge on any atom is -0.347 e. The quantitative estimate of drug-likeness (QED) is 0.673. The summed E-state index contributed by atoms with van der Waals surface area (Å²) in [5.41, 5.74) is 2.36. The van der Waals surface area contributed by atoms with E-state index in [4.69, 9.17) is 4.98 Å². The second-order valence-electron chi connectivity index (χ2n) is 8.10. The number of anilines is 1. The zero-order chi connectivity index (χ0) is 19.0. The molecular weight excluding hydrogens is 368 g/mol. The zero-order valence-electron chi connectivity index (χ0n) is 15.9. The summed E-state index contributed by atoms with van der Waals surface area (Å²) in [6, 6.07) is 12.3. The highest BCUT2D eigenvalue weighted by Crippen LogP contribution is 2.41. The largest absolute Gasteiger partial charge is 0.347 e. The van der Waals surface area contributed by atoms with Crippen LogP contribution in [0.4, 0.5) is 5.13 Å². The van der Waals surface area contributed by atoms with Gasteiger partial charge in [0.1, 0.15) is 0 Å². The van der Waals surface area contributed by atoms with Crippen LogP contribution in [-0.4, -0.2) is 40.4 Å². The Hall–Kier alpha value is -2.47. The summed E-state index contributed by atoms with van der Waals surface area (Å²) in [5.74, 6) is 0.270. The van der Waals surface area contributed by atoms with Crippen molar-refractivity contribution in [3.05, 3.63) is 54.4 Å². The number of hydrogen-bond acceptors (Lipinski definition) is 5. The van der Waals surface area contributed by atoms with E-state index in [9.17, 15) is 4.79 Å². The van der Waals surface area contributed by atoms with Gasteiger partial charge in [-0.05, 0) is 43.0 Å². The Morgan fingerprint density at radius 2 is 2.04 bits per heavy atom. The topological polar surface area (TPSA) is 49.3 Å². The van der Waals surface area contributed by atoms with Gasteiger partial charge in [-0.3, -0.25) is 9.78 Å². The molecule has 1 spiro atoms. The molecule has 1 unspecified atom stereocenters. The highest BCUT2D eigenvalue weighted by Gasteiger charge is 2.42. The van der Waals surface area contributed by atoms with Gasteiger partial charge in [0.2, 0.25) is 5.91 Å². The van der Waals surface area contributed by atoms with Gasteiger partial charge in [0.05, 0.1) is 10.2 Å². The fraction of sp³-hybridized carbons (Fsp3) is 0.409. The molecule has 1 amide bonds. The molecule has 2 aliphatic heterocycles. The Balaban J connectivity index is 1.36. The fourth-order valence-corrected chi connectivity index (χ4v) is 5.65. The molecule has 28 heavy (non-hydrogen) atoms. The number of benzene rings is 1. The Morgan fingerprint density at radius 3 is 2.89 bits per heavy atom. The number of piperidine rings is 2. The van der Waals surface area contributed by atoms with E-state index in [1.54, 1.807) is 17.5 Å². The summed E-state index contributed by atoms with van der Waals surface area (Å²) in [4.78, 5) is 26.1. The monoisotopic (exact) mass is 392 g/mol. The van der Waals surface area contributed by atoms with Crippen LogP contribution in [0.5, 0.6) is 0 Å². The molecule has 0 aliphatic carbocycles. The van der Waals surface area contributed by atoms with Gasteiger partial charge in [-0.2, -0.15) is 0 Å². The summed E-state index contributed by atoms with van der Waals surface area (Å²) in [6.07, 6.45) is 7.61. The number of fused-ring (bicyclic) bond motifs is 1. The third kappa shape index (κ3) is 3.37. The van der Waals surface area contributed by atoms with Crippen LogP contribution >= 0.6 is 11.3 Å². The summed E-state index contributed by atoms with van der Waals surface area (Å²) in [6.45, 7) is 3.54. The fourth-order valence-electron chi connectivity index (χ4n) is 4.66. The van der Waals surface area contributed by atoms with Gasteiger partial charge in [0, 0.05) is 50.4 Å². The lowest BCUT2D eigenvalue weighted by atomic mass is 9.73. The van der Waals surface area contributed by atoms with Crippen LogP contribution in [-0.2, 0) is 11.3 Å². The molecule has 2 aromatic heterocycles. The number of para-hydroxylation sites is 1. The average Bonchev–Trinajstić information content (AvgIpc) is 3.16. The number of nitrogens with zero attached hydrogens (tertiary/aromatic N) is 4. The van der Waals surface area contributed by atoms with Crippen molar-refractivity contribution in [1.82, 2.24) is 14.9 Å². The van der Waals surface area contributed by atoms with Gasteiger partial charge in [-0.1, -0.05) is 29.5 Å². The lowest BCUT2D eigenvalue weighted by molar-refractivity contribution is -0.138. The number of thiazole rings is 1. The van der Waals surface area contributed by atoms with Crippen molar-refractivity contribution in [2.24, 2.45) is 5.41 Å². The maximum absolute atomic E-state index is 12.6. The van der Waals surface area contributed by atoms with Crippen molar-refractivity contribution in [2.75, 3.05) is 24.5 Å². The molecule has 4 heterocycles. The number of carbonyl (C=O) groups is 1. The molecule has 1 aromatic carbocycles. The Labute approximate surface area is 169 Å². The van der Waals surface area contributed by atoms with Crippen LogP contribution in [0.1, 0.15) is 31.2 Å². The predicted molar refractivity (Wildman–Crippen MR) is 112 cm³/mol. The highest BCUT2D eigenvalue weighted by molar-refractivity contribution is 7.22. The predicted octanol–water partition coefficient (Wildman–Crippen LogP) is 4.10. The first kappa shape index (κ1) is 17.6. The molecule has 5 rings (SSSR count). The Morgan fingerprint density at radius 1 is 1.11 bits per heavy atom. The lowest BCUT2D eigenvalue weighted by Crippen LogP contribution is -2.53. The summed E-state index contributed by atoms with van der Waals surface area (Å²) in [5, 5.41) is 1.12. The molecule has 0 saturated carbocycles. The molecule has 2 saturated heterocycles. The molecule has 2 aliphatic rings. The van der Waals surface area contributed by atoms with Crippen LogP contribution in [0, 0.1) is 5.41 Å². The van der Waals surface area contributed by atoms with Crippen molar-refractivity contribution in [2.45, 2.75) is 32.2 Å². The number of rotatable bonds is 3. The first-order valence-corrected chi connectivity index (χ1v) is 10.8. The number of carbonyl (C=O) groups excluding carboxylic acids is 1. The SMILES string of the molecule is O=C1CCC2(CCCN(c3nc4ccccc4s3)C2)CN1Cc1cccnc1. The number of pyridine rings is 1. The first-order valence-electron chi connectivity index (χ1n) is 9.98. The maximum atomic E-state index is 12.6. The van der Waals surface area contributed by atoms with Gasteiger partial charge < -0.3 is 9.80 Å². The second-order valence-corrected chi connectivity index (χ2v) is 9.11. The lowest BCUT2D eigenvalue weighted by Gasteiger charge is -2.48. The standard InChI is InChI=1S/C22H24N4OS/c27-20-8-10-22(16-26(20)14-17-5-3-11-23-13-17)9-4-12-25(15-22)21-24-18-6-1-2-7-19(18)28-21/h1-3,5-7,11,13H,4,8-10,12,14-16H2. The highest BCUT2D eigenvalue weighted by atomic mass is 32.1. The number of likely N-dealkylation sites (tertiary alicyclic amines) is 1. The van der Waals surface area contributed by atoms with Gasteiger partial charge in [-0.25, -0.2) is 4.98 Å². The van der Waals surface area contributed by atoms with E-state index in [0.717, 1.165) is 48.7 Å². The van der Waals surface area contributed by atoms with Crippen LogP contribution in [0.3, 0.4) is 0 Å². The summed E-state index contributed by atoms with van der Waals surface area (Å²) in [7, 11) is 0. The van der Waals surface area contributed by atoms with Gasteiger partial charge in [0.25, 0.3) is 0 Å². The molecule has 0 radical (unpaired) electrons. The van der Waals surface area contributed by atoms with E-state index in [-0.39, 0.29) is 11.3 Å². The second kappa shape index (κ2) is 7.17. The van der Waals surface area contributed by atoms with E-state index in [0.29, 0.717) is 13.0 Å². The molecule has 5 nitrogen and oxygen atoms in total. The number of aromatic nitrogens is 2. The summed E-state index contributed by atoms with van der Waals surface area (Å²) < 4.78 is 1.24. The molecule has 0 bridgehead atoms. The van der Waals surface area contributed by atoms with E-state index in [2.05, 4.69) is 34.1 Å². The molecule has 6 heteroatoms. The maximum Gasteiger partial charge on any atom is 0.222 e. The minimum absolute atomic E-state index is 0.173. The minimum atomic E-state index is 0.173. The van der Waals surface area contributed by atoms with Crippen LogP contribution in [0.15, 0.2) is 48.8 Å². The van der Waals surface area contributed by atoms with Crippen molar-refractivity contribution in [3.63, 3.8) is 0 Å². The third-order valence-corrected chi connectivity index (χ3v) is 7.16. The van der Waals surface area contributed by atoms with E-state index in [1.165, 1.54) is 11.1 Å². The van der Waals surface area contributed by atoms with Crippen molar-refractivity contribution in [1.29, 1.82) is 0 Å². The zero-order valence-corrected chi connectivity index (χ0v) is 16.7. The smallest absolute Gasteiger partial charge is 0.222 e. The van der Waals surface area contributed by atoms with Crippen LogP contribution in [0.25, 0.3) is 10.2 Å². The molecule has 1 atom stereocenters. The normalized spacial score (nSPS) is 22.9. The molecule has 2 fully saturated rings. The number of amides is 1. The number of hydrogen-bond donors (Lipinski definition) is 0. The van der Waals surface area contributed by atoms with E-state index >= 15 is 0 Å². The molecule has 144 valence electrons. The van der Waals surface area contributed by atoms with E-state index in [1.807, 2.05) is 23.2 Å². The molecule has 0 N–H and O–H groups in total. The first-order chi connectivity index (χ1) is 13.7. The van der Waals surface area contributed by atoms with Crippen molar-refractivity contribution < 1.29 is 4.79 Å². The van der Waals surface area contributed by atoms with Gasteiger partial charge in [0.15, 0.2) is 5.13 Å². The van der Waals surface area contributed by atoms with Crippen LogP contribution < -0.4 is 4.90 Å². The van der Waals surface area contributed by atoms with Crippen LogP contribution in [0.2, 0.25) is 0 Å². The third-order valence-electron chi connectivity index (χ3n) is 6.06. The van der Waals surface area contributed by atoms with Gasteiger partial charge in [-0.15, -0.1) is 0 Å². The Bertz CT molecular complexity index is 955. The van der Waals surface area contributed by atoms with Gasteiger partial charge >= 0.3 is 0 Å². The average molecular weight is 393 g/mol. The van der Waals surface area contributed by atoms with Crippen molar-refractivity contribution in [3.8, 4) is 0 Å². The molecule has 3 aromatic rings. The molecular formula is C22H24N4OS. The van der Waals surface area contributed by atoms with E-state index < -0.39 is 0 Å². The summed E-state index contributed by atoms with van der Waals surface area (Å²) >= 11 is 1.78. The van der Waals surface area contributed by atoms with Crippen molar-refractivity contribution >= 4 is 32.6 Å². The Kier molecular flexibility index (Phi) is 4.51.